The van der Waals surface area contributed by atoms with Crippen LogP contribution in [0.4, 0.5) is 0 Å². The van der Waals surface area contributed by atoms with Crippen molar-refractivity contribution in [3.05, 3.63) is 102 Å². The molecule has 0 aromatic heterocycles. The molecule has 0 saturated heterocycles. The highest BCUT2D eigenvalue weighted by Crippen LogP contribution is 2.24. The minimum atomic E-state index is -0.316. The summed E-state index contributed by atoms with van der Waals surface area (Å²) in [6.07, 6.45) is 6.26. The number of ether oxygens (including phenoxy) is 1. The fourth-order valence-electron chi connectivity index (χ4n) is 3.37. The molecule has 1 radical (unpaired) electrons. The van der Waals surface area contributed by atoms with E-state index in [0.717, 1.165) is 23.1 Å². The Hall–Kier alpha value is -2.87. The summed E-state index contributed by atoms with van der Waals surface area (Å²) in [5.41, 5.74) is 5.15. The topological polar surface area (TPSA) is 26.3 Å². The van der Waals surface area contributed by atoms with Gasteiger partial charge in [-0.3, -0.25) is 0 Å². The molecular formula is C27H29O2. The number of hydrogen-bond donors (Lipinski definition) is 0. The molecule has 0 fully saturated rings. The predicted octanol–water partition coefficient (Wildman–Crippen LogP) is 7.23. The third kappa shape index (κ3) is 5.80. The van der Waals surface area contributed by atoms with Gasteiger partial charge in [0.15, 0.2) is 6.10 Å². The molecule has 29 heavy (non-hydrogen) atoms. The van der Waals surface area contributed by atoms with E-state index in [0.29, 0.717) is 18.1 Å². The molecule has 3 aromatic rings. The van der Waals surface area contributed by atoms with Crippen LogP contribution in [0.5, 0.6) is 0 Å². The van der Waals surface area contributed by atoms with Crippen LogP contribution < -0.4 is 0 Å². The molecule has 0 aliphatic carbocycles. The summed E-state index contributed by atoms with van der Waals surface area (Å²) < 4.78 is 5.66. The third-order valence-electron chi connectivity index (χ3n) is 5.11. The minimum Gasteiger partial charge on any atom is -0.446 e. The van der Waals surface area contributed by atoms with Crippen molar-refractivity contribution in [3.8, 4) is 11.1 Å². The van der Waals surface area contributed by atoms with Crippen LogP contribution in [0.1, 0.15) is 61.0 Å². The predicted molar refractivity (Wildman–Crippen MR) is 120 cm³/mol. The molecule has 149 valence electrons. The molecule has 0 heterocycles. The second-order valence-corrected chi connectivity index (χ2v) is 7.26. The van der Waals surface area contributed by atoms with Crippen LogP contribution in [0, 0.1) is 6.10 Å². The van der Waals surface area contributed by atoms with Gasteiger partial charge in [-0.15, -0.1) is 0 Å². The first-order valence-electron chi connectivity index (χ1n) is 10.5. The lowest BCUT2D eigenvalue weighted by Crippen LogP contribution is -2.11. The van der Waals surface area contributed by atoms with Gasteiger partial charge in [-0.05, 0) is 53.6 Å². The molecule has 0 bridgehead atoms. The van der Waals surface area contributed by atoms with E-state index in [1.165, 1.54) is 24.8 Å². The molecule has 0 unspecified atom stereocenters. The van der Waals surface area contributed by atoms with Crippen molar-refractivity contribution in [2.24, 2.45) is 0 Å². The molecule has 3 rings (SSSR count). The highest BCUT2D eigenvalue weighted by atomic mass is 16.5. The maximum atomic E-state index is 12.6. The van der Waals surface area contributed by atoms with E-state index in [1.807, 2.05) is 61.5 Å². The summed E-state index contributed by atoms with van der Waals surface area (Å²) in [7, 11) is 0. The average Bonchev–Trinajstić information content (AvgIpc) is 2.78. The third-order valence-corrected chi connectivity index (χ3v) is 5.11. The van der Waals surface area contributed by atoms with Gasteiger partial charge in [0.2, 0.25) is 0 Å². The molecule has 2 nitrogen and oxygen atoms in total. The largest absolute Gasteiger partial charge is 0.446 e. The molecule has 3 aromatic carbocycles. The first-order valence-corrected chi connectivity index (χ1v) is 10.5. The minimum absolute atomic E-state index is 0.316. The van der Waals surface area contributed by atoms with Crippen molar-refractivity contribution in [1.29, 1.82) is 0 Å². The van der Waals surface area contributed by atoms with Crippen molar-refractivity contribution >= 4 is 5.97 Å². The fraction of sp³-hybridized carbons (Fsp3) is 0.259. The van der Waals surface area contributed by atoms with Crippen LogP contribution in [0.15, 0.2) is 78.9 Å². The molecule has 0 aliphatic rings. The molecule has 0 atom stereocenters. The van der Waals surface area contributed by atoms with E-state index in [4.69, 9.17) is 4.74 Å². The zero-order valence-electron chi connectivity index (χ0n) is 17.4. The van der Waals surface area contributed by atoms with Gasteiger partial charge >= 0.3 is 5.97 Å². The van der Waals surface area contributed by atoms with Crippen LogP contribution in [0.25, 0.3) is 11.1 Å². The number of carbonyl (C=O) groups excluding carboxylic acids is 1. The van der Waals surface area contributed by atoms with Gasteiger partial charge in [-0.1, -0.05) is 93.4 Å². The van der Waals surface area contributed by atoms with Crippen molar-refractivity contribution in [2.45, 2.75) is 46.0 Å². The number of esters is 1. The average molecular weight is 386 g/mol. The number of unbranched alkanes of at least 4 members (excludes halogenated alkanes) is 2. The number of benzene rings is 3. The zero-order valence-corrected chi connectivity index (χ0v) is 17.4. The summed E-state index contributed by atoms with van der Waals surface area (Å²) >= 11 is 0. The fourth-order valence-corrected chi connectivity index (χ4v) is 3.37. The van der Waals surface area contributed by atoms with Gasteiger partial charge in [-0.2, -0.15) is 0 Å². The highest BCUT2D eigenvalue weighted by Gasteiger charge is 2.17. The van der Waals surface area contributed by atoms with Crippen molar-refractivity contribution in [3.63, 3.8) is 0 Å². The molecular weight excluding hydrogens is 356 g/mol. The van der Waals surface area contributed by atoms with Gasteiger partial charge in [0.05, 0.1) is 5.56 Å². The number of rotatable bonds is 9. The summed E-state index contributed by atoms with van der Waals surface area (Å²) in [4.78, 5) is 12.6. The number of hydrogen-bond acceptors (Lipinski definition) is 2. The second-order valence-electron chi connectivity index (χ2n) is 7.26. The van der Waals surface area contributed by atoms with Crippen LogP contribution >= 0.6 is 0 Å². The van der Waals surface area contributed by atoms with Gasteiger partial charge < -0.3 is 4.74 Å². The summed E-state index contributed by atoms with van der Waals surface area (Å²) in [5.74, 6) is -0.316. The highest BCUT2D eigenvalue weighted by molar-refractivity contribution is 5.90. The zero-order chi connectivity index (χ0) is 20.5. The second kappa shape index (κ2) is 10.6. The van der Waals surface area contributed by atoms with Gasteiger partial charge in [0.1, 0.15) is 0 Å². The maximum Gasteiger partial charge on any atom is 0.339 e. The molecule has 2 heteroatoms. The van der Waals surface area contributed by atoms with Crippen LogP contribution in [-0.2, 0) is 11.2 Å². The Balaban J connectivity index is 1.64. The van der Waals surface area contributed by atoms with Crippen LogP contribution in [0.2, 0.25) is 0 Å². The maximum absolute atomic E-state index is 12.6. The van der Waals surface area contributed by atoms with Gasteiger partial charge in [0.25, 0.3) is 0 Å². The van der Waals surface area contributed by atoms with E-state index in [1.54, 1.807) is 0 Å². The Morgan fingerprint density at radius 3 is 1.93 bits per heavy atom. The summed E-state index contributed by atoms with van der Waals surface area (Å²) in [6.45, 7) is 4.22. The normalized spacial score (nSPS) is 10.9. The number of aryl methyl sites for hydroxylation is 1. The Labute approximate surface area is 174 Å². The number of carbonyl (C=O) groups is 1. The van der Waals surface area contributed by atoms with Gasteiger partial charge in [-0.25, -0.2) is 4.79 Å². The van der Waals surface area contributed by atoms with Crippen LogP contribution in [0.3, 0.4) is 0 Å². The van der Waals surface area contributed by atoms with E-state index in [2.05, 4.69) is 31.2 Å². The summed E-state index contributed by atoms with van der Waals surface area (Å²) in [6, 6.07) is 26.1. The summed E-state index contributed by atoms with van der Waals surface area (Å²) in [5, 5.41) is 0. The smallest absolute Gasteiger partial charge is 0.339 e. The Morgan fingerprint density at radius 2 is 1.34 bits per heavy atom. The lowest BCUT2D eigenvalue weighted by atomic mass is 10.0. The lowest BCUT2D eigenvalue weighted by molar-refractivity contribution is 0.0544. The van der Waals surface area contributed by atoms with E-state index < -0.39 is 0 Å². The Kier molecular flexibility index (Phi) is 7.63. The van der Waals surface area contributed by atoms with E-state index in [-0.39, 0.29) is 5.97 Å². The van der Waals surface area contributed by atoms with Crippen molar-refractivity contribution in [2.75, 3.05) is 0 Å². The Bertz CT molecular complexity index is 880. The Morgan fingerprint density at radius 1 is 0.724 bits per heavy atom. The SMILES string of the molecule is CCCCCc1ccc(-c2ccc(C(=O)O[C](CC)c3ccccc3)cc2)cc1. The van der Waals surface area contributed by atoms with E-state index in [9.17, 15) is 4.79 Å². The molecule has 0 N–H and O–H groups in total. The van der Waals surface area contributed by atoms with E-state index >= 15 is 0 Å². The molecule has 0 aliphatic heterocycles. The quantitative estimate of drug-likeness (QED) is 0.287. The first kappa shape index (κ1) is 20.9. The first-order chi connectivity index (χ1) is 14.2. The van der Waals surface area contributed by atoms with Gasteiger partial charge in [0, 0.05) is 0 Å². The molecule has 0 amide bonds. The molecule has 0 saturated carbocycles. The van der Waals surface area contributed by atoms with Crippen molar-refractivity contribution in [1.82, 2.24) is 0 Å². The standard InChI is InChI=1S/C27H29O2/c1-3-5-7-10-21-13-15-22(16-14-21)23-17-19-25(20-18-23)27(28)29-26(4-2)24-11-8-6-9-12-24/h6,8-9,11-20H,3-5,7,10H2,1-2H3. The monoisotopic (exact) mass is 385 g/mol. The van der Waals surface area contributed by atoms with Crippen molar-refractivity contribution < 1.29 is 9.53 Å². The van der Waals surface area contributed by atoms with Crippen LogP contribution in [-0.4, -0.2) is 5.97 Å². The lowest BCUT2D eigenvalue weighted by Gasteiger charge is -2.15. The molecule has 0 spiro atoms.